The zero-order chi connectivity index (χ0) is 26.8. The SMILES string of the molecule is COc1ccc(-n2c(CN3CCN(c4ccccc4F)CC3)nc3ccc([N+](=O)[O-])cc3c2=O)c(OC)c1. The van der Waals surface area contributed by atoms with Gasteiger partial charge in [0.2, 0.25) is 0 Å². The van der Waals surface area contributed by atoms with Crippen molar-refractivity contribution >= 4 is 22.3 Å². The van der Waals surface area contributed by atoms with Crippen LogP contribution in [0.3, 0.4) is 0 Å². The van der Waals surface area contributed by atoms with Crippen LogP contribution in [-0.2, 0) is 6.54 Å². The van der Waals surface area contributed by atoms with Crippen LogP contribution in [0.2, 0.25) is 0 Å². The van der Waals surface area contributed by atoms with Crippen molar-refractivity contribution < 1.29 is 18.8 Å². The Labute approximate surface area is 217 Å². The predicted octanol–water partition coefficient (Wildman–Crippen LogP) is 3.77. The van der Waals surface area contributed by atoms with Gasteiger partial charge in [0.25, 0.3) is 11.2 Å². The Bertz CT molecular complexity index is 1570. The number of aromatic nitrogens is 2. The van der Waals surface area contributed by atoms with Gasteiger partial charge in [-0.3, -0.25) is 24.4 Å². The van der Waals surface area contributed by atoms with Crippen molar-refractivity contribution in [1.29, 1.82) is 0 Å². The first-order valence-corrected chi connectivity index (χ1v) is 12.0. The number of benzene rings is 3. The van der Waals surface area contributed by atoms with E-state index in [1.165, 1.54) is 43.1 Å². The second kappa shape index (κ2) is 10.5. The number of hydrogen-bond donors (Lipinski definition) is 0. The summed E-state index contributed by atoms with van der Waals surface area (Å²) in [5.41, 5.74) is 0.741. The van der Waals surface area contributed by atoms with Crippen LogP contribution < -0.4 is 19.9 Å². The van der Waals surface area contributed by atoms with E-state index in [2.05, 4.69) is 4.90 Å². The monoisotopic (exact) mass is 519 g/mol. The third-order valence-corrected chi connectivity index (χ3v) is 6.69. The summed E-state index contributed by atoms with van der Waals surface area (Å²) in [6.45, 7) is 2.81. The number of anilines is 1. The van der Waals surface area contributed by atoms with Crippen LogP contribution in [0.25, 0.3) is 16.6 Å². The summed E-state index contributed by atoms with van der Waals surface area (Å²) in [5.74, 6) is 1.14. The number of rotatable bonds is 7. The summed E-state index contributed by atoms with van der Waals surface area (Å²) < 4.78 is 26.6. The minimum Gasteiger partial charge on any atom is -0.497 e. The highest BCUT2D eigenvalue weighted by atomic mass is 19.1. The first kappa shape index (κ1) is 25.2. The number of nitrogens with zero attached hydrogens (tertiary/aromatic N) is 5. The van der Waals surface area contributed by atoms with E-state index < -0.39 is 10.5 Å². The third-order valence-electron chi connectivity index (χ3n) is 6.69. The molecule has 1 aromatic heterocycles. The van der Waals surface area contributed by atoms with Gasteiger partial charge in [0, 0.05) is 44.4 Å². The van der Waals surface area contributed by atoms with Crippen molar-refractivity contribution in [3.8, 4) is 17.2 Å². The fourth-order valence-electron chi connectivity index (χ4n) is 4.71. The molecule has 10 nitrogen and oxygen atoms in total. The zero-order valence-corrected chi connectivity index (χ0v) is 21.0. The van der Waals surface area contributed by atoms with E-state index in [0.29, 0.717) is 66.9 Å². The molecule has 3 aromatic carbocycles. The predicted molar refractivity (Wildman–Crippen MR) is 141 cm³/mol. The lowest BCUT2D eigenvalue weighted by molar-refractivity contribution is -0.384. The smallest absolute Gasteiger partial charge is 0.270 e. The number of nitro benzene ring substituents is 1. The van der Waals surface area contributed by atoms with Crippen LogP contribution in [-0.4, -0.2) is 59.8 Å². The van der Waals surface area contributed by atoms with Crippen LogP contribution in [0.15, 0.2) is 65.5 Å². The lowest BCUT2D eigenvalue weighted by atomic mass is 10.2. The molecule has 0 unspecified atom stereocenters. The number of nitro groups is 1. The highest BCUT2D eigenvalue weighted by Gasteiger charge is 2.24. The number of fused-ring (bicyclic) bond motifs is 1. The molecule has 1 fully saturated rings. The van der Waals surface area contributed by atoms with Crippen LogP contribution >= 0.6 is 0 Å². The molecule has 0 saturated carbocycles. The van der Waals surface area contributed by atoms with Crippen LogP contribution in [0.4, 0.5) is 15.8 Å². The quantitative estimate of drug-likeness (QED) is 0.269. The van der Waals surface area contributed by atoms with Crippen LogP contribution in [0.1, 0.15) is 5.82 Å². The maximum Gasteiger partial charge on any atom is 0.270 e. The maximum absolute atomic E-state index is 14.3. The molecule has 0 radical (unpaired) electrons. The second-order valence-electron chi connectivity index (χ2n) is 8.88. The lowest BCUT2D eigenvalue weighted by Crippen LogP contribution is -2.47. The first-order valence-electron chi connectivity index (χ1n) is 12.0. The molecule has 0 amide bonds. The molecule has 0 aliphatic carbocycles. The summed E-state index contributed by atoms with van der Waals surface area (Å²) in [6, 6.07) is 15.8. The number of halogens is 1. The molecule has 0 bridgehead atoms. The zero-order valence-electron chi connectivity index (χ0n) is 21.0. The molecule has 1 aliphatic rings. The van der Waals surface area contributed by atoms with Crippen LogP contribution in [0, 0.1) is 15.9 Å². The molecule has 196 valence electrons. The van der Waals surface area contributed by atoms with E-state index in [4.69, 9.17) is 14.5 Å². The fourth-order valence-corrected chi connectivity index (χ4v) is 4.71. The maximum atomic E-state index is 14.3. The molecular formula is C27H26FN5O5. The van der Waals surface area contributed by atoms with E-state index in [1.54, 1.807) is 30.3 Å². The Hall–Kier alpha value is -4.51. The molecule has 1 aliphatic heterocycles. The van der Waals surface area contributed by atoms with Gasteiger partial charge in [0.15, 0.2) is 0 Å². The van der Waals surface area contributed by atoms with Crippen molar-refractivity contribution in [3.63, 3.8) is 0 Å². The topological polar surface area (TPSA) is 103 Å². The van der Waals surface area contributed by atoms with Gasteiger partial charge in [0.05, 0.1) is 48.0 Å². The minimum atomic E-state index is -0.542. The highest BCUT2D eigenvalue weighted by molar-refractivity contribution is 5.80. The summed E-state index contributed by atoms with van der Waals surface area (Å²) in [7, 11) is 3.02. The van der Waals surface area contributed by atoms with Gasteiger partial charge in [-0.2, -0.15) is 0 Å². The van der Waals surface area contributed by atoms with E-state index in [0.717, 1.165) is 0 Å². The Balaban J connectivity index is 1.55. The number of methoxy groups -OCH3 is 2. The average Bonchev–Trinajstić information content (AvgIpc) is 2.93. The van der Waals surface area contributed by atoms with Gasteiger partial charge in [-0.05, 0) is 30.3 Å². The van der Waals surface area contributed by atoms with Gasteiger partial charge >= 0.3 is 0 Å². The first-order chi connectivity index (χ1) is 18.4. The summed E-state index contributed by atoms with van der Waals surface area (Å²) in [4.78, 5) is 33.5. The average molecular weight is 520 g/mol. The van der Waals surface area contributed by atoms with E-state index in [-0.39, 0.29) is 16.9 Å². The number of para-hydroxylation sites is 1. The Morgan fingerprint density at radius 3 is 2.42 bits per heavy atom. The molecule has 2 heterocycles. The summed E-state index contributed by atoms with van der Waals surface area (Å²) >= 11 is 0. The number of ether oxygens (including phenoxy) is 2. The van der Waals surface area contributed by atoms with Crippen LogP contribution in [0.5, 0.6) is 11.5 Å². The molecule has 0 N–H and O–H groups in total. The number of piperazine rings is 1. The molecule has 11 heteroatoms. The minimum absolute atomic E-state index is 0.130. The Morgan fingerprint density at radius 2 is 1.74 bits per heavy atom. The van der Waals surface area contributed by atoms with Gasteiger partial charge < -0.3 is 14.4 Å². The van der Waals surface area contributed by atoms with Crippen molar-refractivity contribution in [2.24, 2.45) is 0 Å². The largest absolute Gasteiger partial charge is 0.497 e. The summed E-state index contributed by atoms with van der Waals surface area (Å²) in [5, 5.41) is 11.5. The molecule has 4 aromatic rings. The molecule has 5 rings (SSSR count). The third kappa shape index (κ3) is 4.75. The Kier molecular flexibility index (Phi) is 6.93. The van der Waals surface area contributed by atoms with Crippen molar-refractivity contribution in [3.05, 3.63) is 92.8 Å². The normalized spacial score (nSPS) is 14.0. The number of hydrogen-bond acceptors (Lipinski definition) is 8. The van der Waals surface area contributed by atoms with Gasteiger partial charge in [0.1, 0.15) is 23.1 Å². The molecular weight excluding hydrogens is 493 g/mol. The van der Waals surface area contributed by atoms with E-state index in [9.17, 15) is 19.3 Å². The standard InChI is InChI=1S/C27H26FN5O5/c1-37-19-8-10-24(25(16-19)38-2)32-26(29-22-9-7-18(33(35)36)15-20(22)27(32)34)17-30-11-13-31(14-12-30)23-6-4-3-5-21(23)28/h3-10,15-16H,11-14,17H2,1-2H3. The van der Waals surface area contributed by atoms with Crippen molar-refractivity contribution in [1.82, 2.24) is 14.5 Å². The van der Waals surface area contributed by atoms with E-state index >= 15 is 0 Å². The molecule has 1 saturated heterocycles. The number of non-ortho nitro benzene ring substituents is 1. The van der Waals surface area contributed by atoms with Crippen molar-refractivity contribution in [2.75, 3.05) is 45.3 Å². The Morgan fingerprint density at radius 1 is 0.974 bits per heavy atom. The molecule has 0 spiro atoms. The molecule has 0 atom stereocenters. The van der Waals surface area contributed by atoms with Gasteiger partial charge in [-0.15, -0.1) is 0 Å². The molecule has 38 heavy (non-hydrogen) atoms. The van der Waals surface area contributed by atoms with Crippen molar-refractivity contribution in [2.45, 2.75) is 6.54 Å². The van der Waals surface area contributed by atoms with Gasteiger partial charge in [-0.1, -0.05) is 12.1 Å². The van der Waals surface area contributed by atoms with Gasteiger partial charge in [-0.25, -0.2) is 9.37 Å². The highest BCUT2D eigenvalue weighted by Crippen LogP contribution is 2.29. The second-order valence-corrected chi connectivity index (χ2v) is 8.88. The lowest BCUT2D eigenvalue weighted by Gasteiger charge is -2.36. The fraction of sp³-hybridized carbons (Fsp3) is 0.259. The van der Waals surface area contributed by atoms with E-state index in [1.807, 2.05) is 11.0 Å². The summed E-state index contributed by atoms with van der Waals surface area (Å²) in [6.07, 6.45) is 0.